The van der Waals surface area contributed by atoms with E-state index >= 15 is 0 Å². The van der Waals surface area contributed by atoms with E-state index in [0.717, 1.165) is 0 Å². The molecule has 3 rings (SSSR count). The summed E-state index contributed by atoms with van der Waals surface area (Å²) in [6.07, 6.45) is 1.09. The number of hydrogen-bond acceptors (Lipinski definition) is 6. The lowest BCUT2D eigenvalue weighted by Crippen LogP contribution is -2.44. The lowest BCUT2D eigenvalue weighted by Gasteiger charge is -2.31. The smallest absolute Gasteiger partial charge is 0.341 e. The molecular weight excluding hydrogens is 458 g/mol. The lowest BCUT2D eigenvalue weighted by atomic mass is 9.98. The maximum Gasteiger partial charge on any atom is 0.341 e. The van der Waals surface area contributed by atoms with Crippen LogP contribution in [0.2, 0.25) is 0 Å². The molecule has 0 bridgehead atoms. The van der Waals surface area contributed by atoms with Gasteiger partial charge in [-0.2, -0.15) is 4.31 Å². The summed E-state index contributed by atoms with van der Waals surface area (Å²) in [6.45, 7) is 7.80. The summed E-state index contributed by atoms with van der Waals surface area (Å²) >= 11 is 0. The van der Waals surface area contributed by atoms with Gasteiger partial charge in [0.2, 0.25) is 15.9 Å². The Morgan fingerprint density at radius 2 is 1.82 bits per heavy atom. The summed E-state index contributed by atoms with van der Waals surface area (Å²) < 4.78 is 41.1. The Kier molecular flexibility index (Phi) is 8.04. The van der Waals surface area contributed by atoms with Crippen molar-refractivity contribution in [1.82, 2.24) is 8.87 Å². The Balaban J connectivity index is 1.87. The van der Waals surface area contributed by atoms with E-state index in [1.165, 1.54) is 4.31 Å². The van der Waals surface area contributed by atoms with E-state index < -0.39 is 21.9 Å². The highest BCUT2D eigenvalue weighted by atomic mass is 32.2. The van der Waals surface area contributed by atoms with E-state index in [-0.39, 0.29) is 36.1 Å². The molecule has 1 saturated heterocycles. The van der Waals surface area contributed by atoms with E-state index in [1.54, 1.807) is 50.6 Å². The lowest BCUT2D eigenvalue weighted by molar-refractivity contribution is -0.120. The Bertz CT molecular complexity index is 1170. The molecule has 0 radical (unpaired) electrons. The minimum Gasteiger partial charge on any atom is -0.492 e. The summed E-state index contributed by atoms with van der Waals surface area (Å²) in [6, 6.07) is 7.14. The number of nitrogens with one attached hydrogen (secondary N) is 1. The van der Waals surface area contributed by atoms with E-state index in [0.29, 0.717) is 42.3 Å². The largest absolute Gasteiger partial charge is 0.492 e. The number of hydrogen-bond donors (Lipinski definition) is 1. The molecule has 1 N–H and O–H groups in total. The molecule has 0 saturated carbocycles. The van der Waals surface area contributed by atoms with Crippen molar-refractivity contribution in [3.05, 3.63) is 41.2 Å². The van der Waals surface area contributed by atoms with Gasteiger partial charge in [0.15, 0.2) is 0 Å². The Morgan fingerprint density at radius 1 is 1.12 bits per heavy atom. The van der Waals surface area contributed by atoms with Gasteiger partial charge in [-0.3, -0.25) is 4.79 Å². The number of ether oxygens (including phenoxy) is 2. The number of anilines is 1. The molecule has 10 heteroatoms. The highest BCUT2D eigenvalue weighted by Gasteiger charge is 2.39. The third kappa shape index (κ3) is 4.97. The first-order valence-electron chi connectivity index (χ1n) is 11.5. The zero-order valence-electron chi connectivity index (χ0n) is 20.4. The van der Waals surface area contributed by atoms with E-state index in [9.17, 15) is 18.0 Å². The molecule has 1 atom stereocenters. The normalized spacial score (nSPS) is 16.8. The van der Waals surface area contributed by atoms with Crippen LogP contribution in [0, 0.1) is 19.8 Å². The van der Waals surface area contributed by atoms with Gasteiger partial charge in [0, 0.05) is 31.5 Å². The topological polar surface area (TPSA) is 107 Å². The van der Waals surface area contributed by atoms with Crippen molar-refractivity contribution in [3.63, 3.8) is 0 Å². The molecule has 2 aromatic rings. The molecule has 1 aromatic carbocycles. The fourth-order valence-electron chi connectivity index (χ4n) is 4.27. The summed E-state index contributed by atoms with van der Waals surface area (Å²) in [7, 11) is -2.32. The van der Waals surface area contributed by atoms with Gasteiger partial charge in [0.25, 0.3) is 0 Å². The zero-order valence-corrected chi connectivity index (χ0v) is 21.2. The SMILES string of the molecule is CCOC(=O)c1c(S(=O)(=O)N2CCC[C@H](C(=O)Nc3ccccc3OCC)C2)c(C)n(C)c1C. The van der Waals surface area contributed by atoms with Crippen LogP contribution in [0.15, 0.2) is 29.2 Å². The molecule has 0 unspecified atom stereocenters. The molecule has 0 spiro atoms. The first-order chi connectivity index (χ1) is 16.1. The van der Waals surface area contributed by atoms with Gasteiger partial charge in [-0.25, -0.2) is 13.2 Å². The minimum absolute atomic E-state index is 0.0284. The fourth-order valence-corrected chi connectivity index (χ4v) is 6.27. The van der Waals surface area contributed by atoms with Crippen molar-refractivity contribution in [2.75, 3.05) is 31.6 Å². The van der Waals surface area contributed by atoms with Gasteiger partial charge in [0.05, 0.1) is 24.8 Å². The molecule has 1 aliphatic rings. The average molecular weight is 492 g/mol. The number of rotatable bonds is 8. The van der Waals surface area contributed by atoms with E-state index in [4.69, 9.17) is 9.47 Å². The molecule has 186 valence electrons. The first-order valence-corrected chi connectivity index (χ1v) is 12.9. The third-order valence-corrected chi connectivity index (χ3v) is 8.23. The van der Waals surface area contributed by atoms with E-state index in [2.05, 4.69) is 5.32 Å². The standard InChI is InChI=1S/C24H33N3O6S/c1-6-32-20-13-9-8-12-19(20)25-23(28)18-11-10-14-27(15-18)34(30,31)22-17(4)26(5)16(3)21(22)24(29)33-7-2/h8-9,12-13,18H,6-7,10-11,14-15H2,1-5H3,(H,25,28)/t18-/m0/s1. The second-order valence-electron chi connectivity index (χ2n) is 8.28. The predicted molar refractivity (Wildman–Crippen MR) is 129 cm³/mol. The van der Waals surface area contributed by atoms with Crippen LogP contribution in [0.1, 0.15) is 48.4 Å². The molecule has 1 amide bonds. The molecule has 1 aromatic heterocycles. The molecule has 2 heterocycles. The molecular formula is C24H33N3O6S. The maximum atomic E-state index is 13.7. The molecule has 9 nitrogen and oxygen atoms in total. The maximum absolute atomic E-state index is 13.7. The predicted octanol–water partition coefficient (Wildman–Crippen LogP) is 3.26. The highest BCUT2D eigenvalue weighted by Crippen LogP contribution is 2.33. The number of aromatic nitrogens is 1. The molecule has 0 aliphatic carbocycles. The second kappa shape index (κ2) is 10.6. The van der Waals surface area contributed by atoms with Gasteiger partial charge >= 0.3 is 5.97 Å². The minimum atomic E-state index is -4.04. The van der Waals surface area contributed by atoms with Crippen molar-refractivity contribution in [1.29, 1.82) is 0 Å². The van der Waals surface area contributed by atoms with E-state index in [1.807, 2.05) is 13.0 Å². The second-order valence-corrected chi connectivity index (χ2v) is 10.1. The van der Waals surface area contributed by atoms with Gasteiger partial charge < -0.3 is 19.4 Å². The van der Waals surface area contributed by atoms with Crippen molar-refractivity contribution >= 4 is 27.6 Å². The van der Waals surface area contributed by atoms with Gasteiger partial charge in [-0.1, -0.05) is 12.1 Å². The van der Waals surface area contributed by atoms with Crippen LogP contribution < -0.4 is 10.1 Å². The number of nitrogens with zero attached hydrogens (tertiary/aromatic N) is 2. The highest BCUT2D eigenvalue weighted by molar-refractivity contribution is 7.89. The third-order valence-electron chi connectivity index (χ3n) is 6.20. The number of sulfonamides is 1. The zero-order chi connectivity index (χ0) is 25.0. The number of carbonyl (C=O) groups excluding carboxylic acids is 2. The van der Waals surface area contributed by atoms with Crippen LogP contribution >= 0.6 is 0 Å². The summed E-state index contributed by atoms with van der Waals surface area (Å²) in [5, 5.41) is 2.88. The molecule has 34 heavy (non-hydrogen) atoms. The van der Waals surface area contributed by atoms with Crippen LogP contribution in [-0.2, 0) is 26.6 Å². The number of para-hydroxylation sites is 2. The average Bonchev–Trinajstić information content (AvgIpc) is 3.05. The summed E-state index contributed by atoms with van der Waals surface area (Å²) in [5.74, 6) is -0.901. The van der Waals surface area contributed by atoms with Gasteiger partial charge in [-0.05, 0) is 52.7 Å². The quantitative estimate of drug-likeness (QED) is 0.568. The van der Waals surface area contributed by atoms with Crippen LogP contribution in [0.4, 0.5) is 5.69 Å². The van der Waals surface area contributed by atoms with Crippen LogP contribution in [0.3, 0.4) is 0 Å². The van der Waals surface area contributed by atoms with Gasteiger partial charge in [0.1, 0.15) is 16.2 Å². The Labute approximate surface area is 201 Å². The number of benzene rings is 1. The van der Waals surface area contributed by atoms with Crippen LogP contribution in [0.5, 0.6) is 5.75 Å². The monoisotopic (exact) mass is 491 g/mol. The Morgan fingerprint density at radius 3 is 2.50 bits per heavy atom. The van der Waals surface area contributed by atoms with Crippen molar-refractivity contribution in [2.24, 2.45) is 13.0 Å². The van der Waals surface area contributed by atoms with Crippen LogP contribution in [-0.4, -0.2) is 55.5 Å². The fraction of sp³-hybridized carbons (Fsp3) is 0.500. The molecule has 1 aliphatic heterocycles. The van der Waals surface area contributed by atoms with Gasteiger partial charge in [-0.15, -0.1) is 0 Å². The summed E-state index contributed by atoms with van der Waals surface area (Å²) in [4.78, 5) is 25.7. The number of esters is 1. The van der Waals surface area contributed by atoms with Crippen LogP contribution in [0.25, 0.3) is 0 Å². The Hall–Kier alpha value is -2.85. The number of carbonyl (C=O) groups is 2. The van der Waals surface area contributed by atoms with Crippen molar-refractivity contribution < 1.29 is 27.5 Å². The number of amides is 1. The first kappa shape index (κ1) is 25.8. The van der Waals surface area contributed by atoms with Crippen molar-refractivity contribution in [3.8, 4) is 5.75 Å². The number of piperidine rings is 1. The summed E-state index contributed by atoms with van der Waals surface area (Å²) in [5.41, 5.74) is 1.58. The molecule has 1 fully saturated rings. The van der Waals surface area contributed by atoms with Crippen molar-refractivity contribution in [2.45, 2.75) is 45.4 Å².